The maximum Gasteiger partial charge on any atom is 0.237 e. The van der Waals surface area contributed by atoms with Gasteiger partial charge < -0.3 is 20.1 Å². The van der Waals surface area contributed by atoms with Crippen LogP contribution in [-0.2, 0) is 10.2 Å². The highest BCUT2D eigenvalue weighted by Crippen LogP contribution is 2.52. The molecule has 0 unspecified atom stereocenters. The molecule has 5 nitrogen and oxygen atoms in total. The van der Waals surface area contributed by atoms with E-state index < -0.39 is 5.41 Å². The van der Waals surface area contributed by atoms with Crippen LogP contribution < -0.4 is 20.1 Å². The molecule has 0 bridgehead atoms. The molecule has 1 spiro atoms. The first kappa shape index (κ1) is 15.0. The van der Waals surface area contributed by atoms with Gasteiger partial charge in [-0.05, 0) is 30.7 Å². The van der Waals surface area contributed by atoms with Crippen molar-refractivity contribution in [2.24, 2.45) is 0 Å². The van der Waals surface area contributed by atoms with Gasteiger partial charge in [0.2, 0.25) is 5.91 Å². The zero-order valence-electron chi connectivity index (χ0n) is 13.8. The second-order valence-electron chi connectivity index (χ2n) is 6.22. The SMILES string of the molecule is COc1ccc([C@H]2NCC[C@@]23C(=O)Nc2ccccc23)c(OC)c1. The van der Waals surface area contributed by atoms with E-state index in [1.807, 2.05) is 42.5 Å². The molecule has 124 valence electrons. The van der Waals surface area contributed by atoms with Crippen molar-refractivity contribution in [2.45, 2.75) is 17.9 Å². The highest BCUT2D eigenvalue weighted by atomic mass is 16.5. The van der Waals surface area contributed by atoms with Gasteiger partial charge in [-0.1, -0.05) is 24.3 Å². The van der Waals surface area contributed by atoms with Gasteiger partial charge in [-0.2, -0.15) is 0 Å². The van der Waals surface area contributed by atoms with Crippen LogP contribution >= 0.6 is 0 Å². The molecule has 0 aromatic heterocycles. The predicted molar refractivity (Wildman–Crippen MR) is 91.7 cm³/mol. The summed E-state index contributed by atoms with van der Waals surface area (Å²) in [5.41, 5.74) is 2.34. The fourth-order valence-electron chi connectivity index (χ4n) is 4.04. The molecule has 1 saturated heterocycles. The van der Waals surface area contributed by atoms with Crippen LogP contribution in [0.4, 0.5) is 5.69 Å². The van der Waals surface area contributed by atoms with Crippen LogP contribution in [0.3, 0.4) is 0 Å². The van der Waals surface area contributed by atoms with Crippen molar-refractivity contribution in [1.82, 2.24) is 5.32 Å². The Balaban J connectivity index is 1.86. The van der Waals surface area contributed by atoms with Gasteiger partial charge in [-0.3, -0.25) is 4.79 Å². The summed E-state index contributed by atoms with van der Waals surface area (Å²) in [7, 11) is 3.27. The summed E-state index contributed by atoms with van der Waals surface area (Å²) in [6.07, 6.45) is 0.760. The van der Waals surface area contributed by atoms with Gasteiger partial charge in [0.15, 0.2) is 0 Å². The number of methoxy groups -OCH3 is 2. The number of ether oxygens (including phenoxy) is 2. The number of carbonyl (C=O) groups is 1. The molecule has 1 fully saturated rings. The summed E-state index contributed by atoms with van der Waals surface area (Å²) in [4.78, 5) is 12.9. The Kier molecular flexibility index (Phi) is 3.46. The number of para-hydroxylation sites is 1. The molecule has 1 amide bonds. The number of carbonyl (C=O) groups excluding carboxylic acids is 1. The first-order valence-corrected chi connectivity index (χ1v) is 8.07. The molecule has 0 saturated carbocycles. The van der Waals surface area contributed by atoms with Crippen molar-refractivity contribution >= 4 is 11.6 Å². The summed E-state index contributed by atoms with van der Waals surface area (Å²) in [6.45, 7) is 0.779. The van der Waals surface area contributed by atoms with E-state index in [1.165, 1.54) is 0 Å². The van der Waals surface area contributed by atoms with Crippen LogP contribution in [0.5, 0.6) is 11.5 Å². The molecule has 0 radical (unpaired) electrons. The Morgan fingerprint density at radius 1 is 1.12 bits per heavy atom. The lowest BCUT2D eigenvalue weighted by Crippen LogP contribution is -2.39. The third-order valence-electron chi connectivity index (χ3n) is 5.17. The Hall–Kier alpha value is -2.53. The highest BCUT2D eigenvalue weighted by molar-refractivity contribution is 6.07. The normalized spacial score (nSPS) is 24.8. The Morgan fingerprint density at radius 2 is 1.96 bits per heavy atom. The lowest BCUT2D eigenvalue weighted by molar-refractivity contribution is -0.121. The van der Waals surface area contributed by atoms with Crippen LogP contribution in [0, 0.1) is 0 Å². The minimum atomic E-state index is -0.599. The van der Waals surface area contributed by atoms with E-state index in [-0.39, 0.29) is 11.9 Å². The number of rotatable bonds is 3. The number of hydrogen-bond acceptors (Lipinski definition) is 4. The van der Waals surface area contributed by atoms with Crippen LogP contribution in [0.1, 0.15) is 23.6 Å². The molecule has 4 rings (SSSR count). The first-order valence-electron chi connectivity index (χ1n) is 8.07. The maximum atomic E-state index is 12.9. The molecule has 2 aliphatic heterocycles. The fraction of sp³-hybridized carbons (Fsp3) is 0.316. The molecular weight excluding hydrogens is 304 g/mol. The highest BCUT2D eigenvalue weighted by Gasteiger charge is 2.55. The Labute approximate surface area is 141 Å². The number of hydrogen-bond donors (Lipinski definition) is 2. The lowest BCUT2D eigenvalue weighted by atomic mass is 9.72. The Morgan fingerprint density at radius 3 is 2.75 bits per heavy atom. The zero-order valence-corrected chi connectivity index (χ0v) is 13.8. The number of benzene rings is 2. The maximum absolute atomic E-state index is 12.9. The second kappa shape index (κ2) is 5.53. The average molecular weight is 324 g/mol. The Bertz CT molecular complexity index is 805. The van der Waals surface area contributed by atoms with E-state index in [4.69, 9.17) is 9.47 Å². The molecule has 2 aliphatic rings. The number of amides is 1. The van der Waals surface area contributed by atoms with Crippen molar-refractivity contribution in [1.29, 1.82) is 0 Å². The minimum absolute atomic E-state index is 0.0524. The molecule has 2 atom stereocenters. The molecular formula is C19H20N2O3. The average Bonchev–Trinajstić information content (AvgIpc) is 3.18. The van der Waals surface area contributed by atoms with Crippen LogP contribution in [0.25, 0.3) is 0 Å². The summed E-state index contributed by atoms with van der Waals surface area (Å²) in [5, 5.41) is 6.55. The second-order valence-corrected chi connectivity index (χ2v) is 6.22. The van der Waals surface area contributed by atoms with Crippen molar-refractivity contribution in [3.63, 3.8) is 0 Å². The largest absolute Gasteiger partial charge is 0.497 e. The van der Waals surface area contributed by atoms with Crippen molar-refractivity contribution in [3.8, 4) is 11.5 Å². The van der Waals surface area contributed by atoms with Gasteiger partial charge in [0.25, 0.3) is 0 Å². The van der Waals surface area contributed by atoms with Gasteiger partial charge in [0.1, 0.15) is 11.5 Å². The van der Waals surface area contributed by atoms with Gasteiger partial charge in [-0.25, -0.2) is 0 Å². The van der Waals surface area contributed by atoms with E-state index in [0.717, 1.165) is 41.3 Å². The third kappa shape index (κ3) is 1.94. The van der Waals surface area contributed by atoms with E-state index in [1.54, 1.807) is 14.2 Å². The minimum Gasteiger partial charge on any atom is -0.497 e. The summed E-state index contributed by atoms with van der Waals surface area (Å²) < 4.78 is 10.9. The topological polar surface area (TPSA) is 59.6 Å². The van der Waals surface area contributed by atoms with E-state index in [9.17, 15) is 4.79 Å². The van der Waals surface area contributed by atoms with Gasteiger partial charge >= 0.3 is 0 Å². The molecule has 2 heterocycles. The predicted octanol–water partition coefficient (Wildman–Crippen LogP) is 2.63. The monoisotopic (exact) mass is 324 g/mol. The number of nitrogens with one attached hydrogen (secondary N) is 2. The summed E-state index contributed by atoms with van der Waals surface area (Å²) >= 11 is 0. The number of fused-ring (bicyclic) bond motifs is 2. The van der Waals surface area contributed by atoms with E-state index in [0.29, 0.717) is 0 Å². The molecule has 0 aliphatic carbocycles. The van der Waals surface area contributed by atoms with Gasteiger partial charge in [0.05, 0.1) is 25.7 Å². The van der Waals surface area contributed by atoms with Crippen LogP contribution in [0.2, 0.25) is 0 Å². The van der Waals surface area contributed by atoms with Crippen LogP contribution in [0.15, 0.2) is 42.5 Å². The van der Waals surface area contributed by atoms with Gasteiger partial charge in [-0.15, -0.1) is 0 Å². The van der Waals surface area contributed by atoms with E-state index >= 15 is 0 Å². The van der Waals surface area contributed by atoms with Gasteiger partial charge in [0, 0.05) is 17.3 Å². The quantitative estimate of drug-likeness (QED) is 0.911. The van der Waals surface area contributed by atoms with Crippen molar-refractivity contribution in [2.75, 3.05) is 26.1 Å². The lowest BCUT2D eigenvalue weighted by Gasteiger charge is -2.30. The first-order chi connectivity index (χ1) is 11.7. The van der Waals surface area contributed by atoms with E-state index in [2.05, 4.69) is 10.6 Å². The summed E-state index contributed by atoms with van der Waals surface area (Å²) in [6, 6.07) is 13.6. The molecule has 24 heavy (non-hydrogen) atoms. The molecule has 2 aromatic rings. The third-order valence-corrected chi connectivity index (χ3v) is 5.17. The molecule has 2 N–H and O–H groups in total. The van der Waals surface area contributed by atoms with Crippen molar-refractivity contribution < 1.29 is 14.3 Å². The van der Waals surface area contributed by atoms with Crippen molar-refractivity contribution in [3.05, 3.63) is 53.6 Å². The number of anilines is 1. The zero-order chi connectivity index (χ0) is 16.7. The smallest absolute Gasteiger partial charge is 0.237 e. The standard InChI is InChI=1S/C19H20N2O3/c1-23-12-7-8-13(16(11-12)24-2)17-19(9-10-20-17)14-5-3-4-6-15(14)21-18(19)22/h3-8,11,17,20H,9-10H2,1-2H3,(H,21,22)/t17-,19+/m1/s1. The summed E-state index contributed by atoms with van der Waals surface area (Å²) in [5.74, 6) is 1.51. The molecule has 2 aromatic carbocycles. The fourth-order valence-corrected chi connectivity index (χ4v) is 4.04. The molecule has 5 heteroatoms. The van der Waals surface area contributed by atoms with Crippen LogP contribution in [-0.4, -0.2) is 26.7 Å².